The SMILES string of the molecule is COCc1ccc(CNC(C)(C)CO)cc1. The van der Waals surface area contributed by atoms with Gasteiger partial charge in [-0.2, -0.15) is 0 Å². The third kappa shape index (κ3) is 4.31. The molecule has 0 aromatic heterocycles. The first-order valence-electron chi connectivity index (χ1n) is 5.50. The number of ether oxygens (including phenoxy) is 1. The van der Waals surface area contributed by atoms with E-state index in [0.29, 0.717) is 6.61 Å². The van der Waals surface area contributed by atoms with Crippen LogP contribution in [0.25, 0.3) is 0 Å². The number of methoxy groups -OCH3 is 1. The van der Waals surface area contributed by atoms with Gasteiger partial charge in [0.05, 0.1) is 13.2 Å². The van der Waals surface area contributed by atoms with E-state index >= 15 is 0 Å². The summed E-state index contributed by atoms with van der Waals surface area (Å²) in [5, 5.41) is 12.4. The fraction of sp³-hybridized carbons (Fsp3) is 0.538. The minimum atomic E-state index is -0.231. The Kier molecular flexibility index (Phi) is 4.93. The van der Waals surface area contributed by atoms with Crippen LogP contribution in [0.2, 0.25) is 0 Å². The van der Waals surface area contributed by atoms with Gasteiger partial charge in [0.2, 0.25) is 0 Å². The van der Waals surface area contributed by atoms with Crippen molar-refractivity contribution in [2.45, 2.75) is 32.5 Å². The quantitative estimate of drug-likeness (QED) is 0.771. The zero-order valence-corrected chi connectivity index (χ0v) is 10.3. The number of nitrogens with one attached hydrogen (secondary N) is 1. The van der Waals surface area contributed by atoms with Gasteiger partial charge in [-0.25, -0.2) is 0 Å². The highest BCUT2D eigenvalue weighted by molar-refractivity contribution is 5.22. The molecule has 1 aromatic rings. The number of aliphatic hydroxyl groups is 1. The van der Waals surface area contributed by atoms with Crippen molar-refractivity contribution in [2.24, 2.45) is 0 Å². The lowest BCUT2D eigenvalue weighted by molar-refractivity contribution is 0.184. The van der Waals surface area contributed by atoms with E-state index in [4.69, 9.17) is 9.84 Å². The van der Waals surface area contributed by atoms with Crippen molar-refractivity contribution in [1.29, 1.82) is 0 Å². The van der Waals surface area contributed by atoms with Crippen LogP contribution in [0, 0.1) is 0 Å². The van der Waals surface area contributed by atoms with Gasteiger partial charge in [-0.1, -0.05) is 24.3 Å². The van der Waals surface area contributed by atoms with Gasteiger partial charge in [-0.05, 0) is 25.0 Å². The van der Waals surface area contributed by atoms with E-state index in [9.17, 15) is 0 Å². The first-order valence-corrected chi connectivity index (χ1v) is 5.50. The Bertz CT molecular complexity index is 306. The molecule has 0 amide bonds. The van der Waals surface area contributed by atoms with E-state index in [2.05, 4.69) is 29.6 Å². The summed E-state index contributed by atoms with van der Waals surface area (Å²) in [6.45, 7) is 5.50. The zero-order chi connectivity index (χ0) is 12.0. The van der Waals surface area contributed by atoms with E-state index in [1.54, 1.807) is 7.11 Å². The molecule has 0 saturated carbocycles. The van der Waals surface area contributed by atoms with Crippen molar-refractivity contribution in [2.75, 3.05) is 13.7 Å². The van der Waals surface area contributed by atoms with E-state index in [1.807, 2.05) is 13.8 Å². The molecule has 0 spiro atoms. The summed E-state index contributed by atoms with van der Waals surface area (Å²) in [6.07, 6.45) is 0. The standard InChI is InChI=1S/C13H21NO2/c1-13(2,10-15)14-8-11-4-6-12(7-5-11)9-16-3/h4-7,14-15H,8-10H2,1-3H3. The van der Waals surface area contributed by atoms with Crippen molar-refractivity contribution in [3.63, 3.8) is 0 Å². The molecule has 0 aliphatic rings. The Morgan fingerprint density at radius 2 is 1.75 bits per heavy atom. The fourth-order valence-electron chi connectivity index (χ4n) is 1.32. The van der Waals surface area contributed by atoms with Gasteiger partial charge in [0.15, 0.2) is 0 Å². The molecule has 0 heterocycles. The van der Waals surface area contributed by atoms with Crippen LogP contribution in [0.3, 0.4) is 0 Å². The molecule has 0 aliphatic heterocycles. The van der Waals surface area contributed by atoms with Gasteiger partial charge in [0.25, 0.3) is 0 Å². The Balaban J connectivity index is 2.49. The van der Waals surface area contributed by atoms with Crippen molar-refractivity contribution in [3.05, 3.63) is 35.4 Å². The second-order valence-electron chi connectivity index (χ2n) is 4.65. The lowest BCUT2D eigenvalue weighted by Crippen LogP contribution is -2.42. The molecule has 0 radical (unpaired) electrons. The van der Waals surface area contributed by atoms with Gasteiger partial charge in [-0.3, -0.25) is 0 Å². The van der Waals surface area contributed by atoms with Crippen LogP contribution in [-0.4, -0.2) is 24.4 Å². The maximum absolute atomic E-state index is 9.11. The second kappa shape index (κ2) is 5.99. The lowest BCUT2D eigenvalue weighted by atomic mass is 10.1. The third-order valence-electron chi connectivity index (χ3n) is 2.50. The topological polar surface area (TPSA) is 41.5 Å². The van der Waals surface area contributed by atoms with Crippen molar-refractivity contribution in [1.82, 2.24) is 5.32 Å². The minimum Gasteiger partial charge on any atom is -0.394 e. The molecule has 1 aromatic carbocycles. The van der Waals surface area contributed by atoms with Crippen LogP contribution >= 0.6 is 0 Å². The normalized spacial score (nSPS) is 11.8. The van der Waals surface area contributed by atoms with E-state index in [0.717, 1.165) is 6.54 Å². The van der Waals surface area contributed by atoms with Crippen LogP contribution in [0.15, 0.2) is 24.3 Å². The predicted molar refractivity (Wildman–Crippen MR) is 65.2 cm³/mol. The van der Waals surface area contributed by atoms with Crippen LogP contribution in [0.5, 0.6) is 0 Å². The molecule has 1 rings (SSSR count). The van der Waals surface area contributed by atoms with Gasteiger partial charge in [0, 0.05) is 19.2 Å². The fourth-order valence-corrected chi connectivity index (χ4v) is 1.32. The van der Waals surface area contributed by atoms with Crippen LogP contribution in [-0.2, 0) is 17.9 Å². The summed E-state index contributed by atoms with van der Waals surface area (Å²) in [5.41, 5.74) is 2.15. The zero-order valence-electron chi connectivity index (χ0n) is 10.3. The molecule has 90 valence electrons. The number of aliphatic hydroxyl groups excluding tert-OH is 1. The number of rotatable bonds is 6. The minimum absolute atomic E-state index is 0.134. The molecule has 0 fully saturated rings. The highest BCUT2D eigenvalue weighted by Crippen LogP contribution is 2.07. The molecule has 0 atom stereocenters. The summed E-state index contributed by atoms with van der Waals surface area (Å²) in [5.74, 6) is 0. The Morgan fingerprint density at radius 3 is 2.25 bits per heavy atom. The maximum atomic E-state index is 9.11. The average molecular weight is 223 g/mol. The van der Waals surface area contributed by atoms with Crippen molar-refractivity contribution < 1.29 is 9.84 Å². The summed E-state index contributed by atoms with van der Waals surface area (Å²) >= 11 is 0. The van der Waals surface area contributed by atoms with Gasteiger partial charge < -0.3 is 15.2 Å². The monoisotopic (exact) mass is 223 g/mol. The highest BCUT2D eigenvalue weighted by Gasteiger charge is 2.14. The Morgan fingerprint density at radius 1 is 1.19 bits per heavy atom. The number of hydrogen-bond donors (Lipinski definition) is 2. The second-order valence-corrected chi connectivity index (χ2v) is 4.65. The molecule has 0 bridgehead atoms. The lowest BCUT2D eigenvalue weighted by Gasteiger charge is -2.23. The predicted octanol–water partition coefficient (Wildman–Crippen LogP) is 1.69. The largest absolute Gasteiger partial charge is 0.394 e. The average Bonchev–Trinajstić information content (AvgIpc) is 2.29. The molecule has 3 nitrogen and oxygen atoms in total. The Labute approximate surface area is 97.4 Å². The van der Waals surface area contributed by atoms with Crippen LogP contribution in [0.4, 0.5) is 0 Å². The first-order chi connectivity index (χ1) is 7.57. The van der Waals surface area contributed by atoms with Gasteiger partial charge >= 0.3 is 0 Å². The van der Waals surface area contributed by atoms with Crippen LogP contribution < -0.4 is 5.32 Å². The molecular weight excluding hydrogens is 202 g/mol. The number of hydrogen-bond acceptors (Lipinski definition) is 3. The van der Waals surface area contributed by atoms with Crippen molar-refractivity contribution >= 4 is 0 Å². The summed E-state index contributed by atoms with van der Waals surface area (Å²) in [7, 11) is 1.69. The summed E-state index contributed by atoms with van der Waals surface area (Å²) < 4.78 is 5.05. The molecular formula is C13H21NO2. The first kappa shape index (κ1) is 13.2. The van der Waals surface area contributed by atoms with Gasteiger partial charge in [-0.15, -0.1) is 0 Å². The summed E-state index contributed by atoms with van der Waals surface area (Å²) in [4.78, 5) is 0. The summed E-state index contributed by atoms with van der Waals surface area (Å²) in [6, 6.07) is 8.28. The molecule has 2 N–H and O–H groups in total. The highest BCUT2D eigenvalue weighted by atomic mass is 16.5. The molecule has 0 aliphatic carbocycles. The van der Waals surface area contributed by atoms with E-state index in [1.165, 1.54) is 11.1 Å². The maximum Gasteiger partial charge on any atom is 0.0713 e. The smallest absolute Gasteiger partial charge is 0.0713 e. The molecule has 0 unspecified atom stereocenters. The molecule has 16 heavy (non-hydrogen) atoms. The van der Waals surface area contributed by atoms with E-state index < -0.39 is 0 Å². The van der Waals surface area contributed by atoms with Crippen molar-refractivity contribution in [3.8, 4) is 0 Å². The van der Waals surface area contributed by atoms with Gasteiger partial charge in [0.1, 0.15) is 0 Å². The molecule has 3 heteroatoms. The Hall–Kier alpha value is -0.900. The number of benzene rings is 1. The molecule has 0 saturated heterocycles. The van der Waals surface area contributed by atoms with E-state index in [-0.39, 0.29) is 12.1 Å². The third-order valence-corrected chi connectivity index (χ3v) is 2.50. The van der Waals surface area contributed by atoms with Crippen LogP contribution in [0.1, 0.15) is 25.0 Å².